The van der Waals surface area contributed by atoms with Crippen LogP contribution in [0.5, 0.6) is 0 Å². The molecule has 0 aliphatic carbocycles. The summed E-state index contributed by atoms with van der Waals surface area (Å²) in [6.45, 7) is 0.556. The van der Waals surface area contributed by atoms with Crippen LogP contribution in [0.15, 0.2) is 18.2 Å². The van der Waals surface area contributed by atoms with E-state index in [1.807, 2.05) is 0 Å². The van der Waals surface area contributed by atoms with E-state index in [0.29, 0.717) is 13.0 Å². The van der Waals surface area contributed by atoms with Crippen molar-refractivity contribution in [2.75, 3.05) is 13.2 Å². The molecule has 0 atom stereocenters. The first-order valence-electron chi connectivity index (χ1n) is 5.48. The van der Waals surface area contributed by atoms with Gasteiger partial charge in [-0.25, -0.2) is 8.78 Å². The van der Waals surface area contributed by atoms with Crippen molar-refractivity contribution in [3.05, 3.63) is 35.4 Å². The number of rotatable bonds is 6. The third-order valence-corrected chi connectivity index (χ3v) is 2.25. The maximum absolute atomic E-state index is 12.8. The van der Waals surface area contributed by atoms with Gasteiger partial charge in [0.25, 0.3) is 5.91 Å². The normalized spacial score (nSPS) is 10.3. The largest absolute Gasteiger partial charge is 0.396 e. The lowest BCUT2D eigenvalue weighted by atomic mass is 10.2. The van der Waals surface area contributed by atoms with Gasteiger partial charge in [0, 0.05) is 24.8 Å². The molecule has 0 radical (unpaired) electrons. The Labute approximate surface area is 98.5 Å². The topological polar surface area (TPSA) is 49.3 Å². The molecule has 0 spiro atoms. The Kier molecular flexibility index (Phi) is 5.56. The lowest BCUT2D eigenvalue weighted by molar-refractivity contribution is 0.0952. The summed E-state index contributed by atoms with van der Waals surface area (Å²) < 4.78 is 25.7. The Morgan fingerprint density at radius 2 is 1.76 bits per heavy atom. The van der Waals surface area contributed by atoms with Gasteiger partial charge in [0.05, 0.1) is 0 Å². The molecule has 2 N–H and O–H groups in total. The van der Waals surface area contributed by atoms with Gasteiger partial charge in [-0.1, -0.05) is 0 Å². The summed E-state index contributed by atoms with van der Waals surface area (Å²) in [4.78, 5) is 11.5. The Bertz CT molecular complexity index is 363. The third-order valence-electron chi connectivity index (χ3n) is 2.25. The lowest BCUT2D eigenvalue weighted by Crippen LogP contribution is -2.24. The number of aliphatic hydroxyl groups is 1. The van der Waals surface area contributed by atoms with Crippen molar-refractivity contribution in [2.24, 2.45) is 0 Å². The second kappa shape index (κ2) is 6.96. The van der Waals surface area contributed by atoms with Gasteiger partial charge in [-0.15, -0.1) is 0 Å². The van der Waals surface area contributed by atoms with E-state index in [1.54, 1.807) is 0 Å². The van der Waals surface area contributed by atoms with Crippen LogP contribution >= 0.6 is 0 Å². The van der Waals surface area contributed by atoms with Crippen molar-refractivity contribution in [2.45, 2.75) is 19.3 Å². The summed E-state index contributed by atoms with van der Waals surface area (Å²) in [5.41, 5.74) is -0.0235. The molecule has 0 heterocycles. The molecule has 0 aromatic heterocycles. The molecule has 0 unspecified atom stereocenters. The van der Waals surface area contributed by atoms with Crippen LogP contribution in [0.2, 0.25) is 0 Å². The number of unbranched alkanes of at least 4 members (excludes halogenated alkanes) is 2. The average molecular weight is 243 g/mol. The molecule has 0 fully saturated rings. The minimum Gasteiger partial charge on any atom is -0.396 e. The van der Waals surface area contributed by atoms with Crippen molar-refractivity contribution in [1.29, 1.82) is 0 Å². The zero-order valence-electron chi connectivity index (χ0n) is 9.38. The highest BCUT2D eigenvalue weighted by Gasteiger charge is 2.08. The molecule has 0 aliphatic rings. The molecule has 0 saturated carbocycles. The summed E-state index contributed by atoms with van der Waals surface area (Å²) in [5, 5.41) is 11.1. The predicted octanol–water partition coefficient (Wildman–Crippen LogP) is 1.86. The molecule has 1 aromatic carbocycles. The Balaban J connectivity index is 2.41. The molecule has 0 bridgehead atoms. The van der Waals surface area contributed by atoms with Crippen LogP contribution in [0.25, 0.3) is 0 Å². The number of carbonyl (C=O) groups excluding carboxylic acids is 1. The second-order valence-electron chi connectivity index (χ2n) is 3.70. The zero-order valence-corrected chi connectivity index (χ0v) is 9.38. The molecule has 0 saturated heterocycles. The Morgan fingerprint density at radius 3 is 2.35 bits per heavy atom. The van der Waals surface area contributed by atoms with Gasteiger partial charge < -0.3 is 10.4 Å². The van der Waals surface area contributed by atoms with E-state index >= 15 is 0 Å². The van der Waals surface area contributed by atoms with Gasteiger partial charge in [-0.05, 0) is 31.4 Å². The molecular formula is C12H15F2NO2. The van der Waals surface area contributed by atoms with E-state index in [-0.39, 0.29) is 12.2 Å². The number of hydrogen-bond acceptors (Lipinski definition) is 2. The van der Waals surface area contributed by atoms with Gasteiger partial charge in [0.1, 0.15) is 11.6 Å². The van der Waals surface area contributed by atoms with Crippen LogP contribution in [0, 0.1) is 11.6 Å². The summed E-state index contributed by atoms with van der Waals surface area (Å²) in [5.74, 6) is -2.03. The van der Waals surface area contributed by atoms with Crippen LogP contribution in [0.3, 0.4) is 0 Å². The average Bonchev–Trinajstić information content (AvgIpc) is 2.27. The van der Waals surface area contributed by atoms with E-state index in [9.17, 15) is 13.6 Å². The number of amides is 1. The van der Waals surface area contributed by atoms with Crippen LogP contribution in [-0.2, 0) is 0 Å². The van der Waals surface area contributed by atoms with E-state index in [0.717, 1.165) is 31.0 Å². The highest BCUT2D eigenvalue weighted by Crippen LogP contribution is 2.07. The predicted molar refractivity (Wildman–Crippen MR) is 59.6 cm³/mol. The van der Waals surface area contributed by atoms with Gasteiger partial charge in [0.2, 0.25) is 0 Å². The summed E-state index contributed by atoms with van der Waals surface area (Å²) in [7, 11) is 0. The number of benzene rings is 1. The highest BCUT2D eigenvalue weighted by molar-refractivity contribution is 5.94. The molecule has 17 heavy (non-hydrogen) atoms. The number of hydrogen-bond donors (Lipinski definition) is 2. The number of halogens is 2. The van der Waals surface area contributed by atoms with Crippen molar-refractivity contribution in [1.82, 2.24) is 5.32 Å². The first-order chi connectivity index (χ1) is 8.13. The maximum Gasteiger partial charge on any atom is 0.251 e. The molecule has 94 valence electrons. The fourth-order valence-electron chi connectivity index (χ4n) is 1.40. The minimum absolute atomic E-state index is 0.0235. The van der Waals surface area contributed by atoms with Crippen molar-refractivity contribution in [3.63, 3.8) is 0 Å². The van der Waals surface area contributed by atoms with Gasteiger partial charge >= 0.3 is 0 Å². The first kappa shape index (κ1) is 13.6. The SMILES string of the molecule is O=C(NCCCCCO)c1cc(F)cc(F)c1. The third kappa shape index (κ3) is 4.91. The smallest absolute Gasteiger partial charge is 0.251 e. The Hall–Kier alpha value is -1.49. The minimum atomic E-state index is -0.768. The molecule has 1 aromatic rings. The van der Waals surface area contributed by atoms with Crippen LogP contribution < -0.4 is 5.32 Å². The van der Waals surface area contributed by atoms with Crippen LogP contribution in [0.4, 0.5) is 8.78 Å². The summed E-state index contributed by atoms with van der Waals surface area (Å²) >= 11 is 0. The van der Waals surface area contributed by atoms with E-state index in [1.165, 1.54) is 0 Å². The van der Waals surface area contributed by atoms with Crippen molar-refractivity contribution in [3.8, 4) is 0 Å². The standard InChI is InChI=1S/C12H15F2NO2/c13-10-6-9(7-11(14)8-10)12(17)15-4-2-1-3-5-16/h6-8,16H,1-5H2,(H,15,17). The van der Waals surface area contributed by atoms with Crippen LogP contribution in [-0.4, -0.2) is 24.2 Å². The monoisotopic (exact) mass is 243 g/mol. The van der Waals surface area contributed by atoms with E-state index in [2.05, 4.69) is 5.32 Å². The fraction of sp³-hybridized carbons (Fsp3) is 0.417. The van der Waals surface area contributed by atoms with E-state index < -0.39 is 17.5 Å². The summed E-state index contributed by atoms with van der Waals surface area (Å²) in [6, 6.07) is 2.70. The second-order valence-corrected chi connectivity index (χ2v) is 3.70. The number of carbonyl (C=O) groups is 1. The molecule has 1 rings (SSSR count). The quantitative estimate of drug-likeness (QED) is 0.749. The van der Waals surface area contributed by atoms with Crippen molar-refractivity contribution < 1.29 is 18.7 Å². The highest BCUT2D eigenvalue weighted by atomic mass is 19.1. The fourth-order valence-corrected chi connectivity index (χ4v) is 1.40. The van der Waals surface area contributed by atoms with E-state index in [4.69, 9.17) is 5.11 Å². The zero-order chi connectivity index (χ0) is 12.7. The molecular weight excluding hydrogens is 228 g/mol. The molecule has 5 heteroatoms. The lowest BCUT2D eigenvalue weighted by Gasteiger charge is -2.05. The van der Waals surface area contributed by atoms with Gasteiger partial charge in [-0.3, -0.25) is 4.79 Å². The number of aliphatic hydroxyl groups excluding tert-OH is 1. The maximum atomic E-state index is 12.8. The van der Waals surface area contributed by atoms with Crippen molar-refractivity contribution >= 4 is 5.91 Å². The van der Waals surface area contributed by atoms with Gasteiger partial charge in [-0.2, -0.15) is 0 Å². The number of nitrogens with one attached hydrogen (secondary N) is 1. The summed E-state index contributed by atoms with van der Waals surface area (Å²) in [6.07, 6.45) is 2.21. The molecule has 3 nitrogen and oxygen atoms in total. The van der Waals surface area contributed by atoms with Crippen LogP contribution in [0.1, 0.15) is 29.6 Å². The molecule has 1 amide bonds. The Morgan fingerprint density at radius 1 is 1.12 bits per heavy atom. The molecule has 0 aliphatic heterocycles. The first-order valence-corrected chi connectivity index (χ1v) is 5.48. The van der Waals surface area contributed by atoms with Gasteiger partial charge in [0.15, 0.2) is 0 Å².